The summed E-state index contributed by atoms with van der Waals surface area (Å²) in [5, 5.41) is 2.87. The van der Waals surface area contributed by atoms with Crippen LogP contribution < -0.4 is 5.32 Å². The van der Waals surface area contributed by atoms with Gasteiger partial charge in [-0.1, -0.05) is 37.3 Å². The lowest BCUT2D eigenvalue weighted by Crippen LogP contribution is -2.48. The van der Waals surface area contributed by atoms with Gasteiger partial charge in [0.1, 0.15) is 0 Å². The molecule has 2 amide bonds. The van der Waals surface area contributed by atoms with Gasteiger partial charge in [-0.3, -0.25) is 4.98 Å². The van der Waals surface area contributed by atoms with Crippen molar-refractivity contribution in [3.8, 4) is 11.3 Å². The number of sulfonamides is 1. The second-order valence-electron chi connectivity index (χ2n) is 7.29. The predicted molar refractivity (Wildman–Crippen MR) is 115 cm³/mol. The topological polar surface area (TPSA) is 82.6 Å². The maximum atomic E-state index is 12.6. The Morgan fingerprint density at radius 2 is 1.86 bits per heavy atom. The molecule has 2 aromatic rings. The fourth-order valence-corrected chi connectivity index (χ4v) is 5.06. The lowest BCUT2D eigenvalue weighted by atomic mass is 10.1. The number of carbonyl (C=O) groups excluding carboxylic acids is 1. The largest absolute Gasteiger partial charge is 0.325 e. The van der Waals surface area contributed by atoms with E-state index in [4.69, 9.17) is 0 Å². The van der Waals surface area contributed by atoms with Gasteiger partial charge in [0.2, 0.25) is 10.0 Å². The van der Waals surface area contributed by atoms with Gasteiger partial charge >= 0.3 is 6.03 Å². The van der Waals surface area contributed by atoms with Crippen molar-refractivity contribution in [3.63, 3.8) is 0 Å². The zero-order valence-electron chi connectivity index (χ0n) is 16.9. The van der Waals surface area contributed by atoms with Crippen LogP contribution in [0.2, 0.25) is 0 Å². The van der Waals surface area contributed by atoms with Crippen molar-refractivity contribution in [2.45, 2.75) is 32.2 Å². The summed E-state index contributed by atoms with van der Waals surface area (Å²) in [6.45, 7) is 2.78. The molecule has 8 heteroatoms. The number of piperidine rings is 1. The average molecular weight is 417 g/mol. The van der Waals surface area contributed by atoms with Crippen LogP contribution >= 0.6 is 0 Å². The Kier molecular flexibility index (Phi) is 6.87. The molecule has 0 aliphatic carbocycles. The summed E-state index contributed by atoms with van der Waals surface area (Å²) in [6, 6.07) is 13.4. The highest BCUT2D eigenvalue weighted by Crippen LogP contribution is 2.21. The Morgan fingerprint density at radius 3 is 2.45 bits per heavy atom. The van der Waals surface area contributed by atoms with Crippen molar-refractivity contribution in [1.82, 2.24) is 14.2 Å². The molecule has 0 atom stereocenters. The molecule has 0 spiro atoms. The number of amides is 2. The van der Waals surface area contributed by atoms with E-state index in [2.05, 4.69) is 10.3 Å². The standard InChI is InChI=1S/C21H28N4O3S/c1-3-15-29(27,28)25-13-11-19(12-14-25)24(2)21(26)23-18-9-10-20(22-16-18)17-7-5-4-6-8-17/h4-10,16,19H,3,11-15H2,1-2H3,(H,23,26). The first-order chi connectivity index (χ1) is 13.9. The summed E-state index contributed by atoms with van der Waals surface area (Å²) in [5.74, 6) is 0.181. The molecule has 0 unspecified atom stereocenters. The Morgan fingerprint density at radius 1 is 1.17 bits per heavy atom. The van der Waals surface area contributed by atoms with E-state index in [1.807, 2.05) is 49.4 Å². The highest BCUT2D eigenvalue weighted by Gasteiger charge is 2.30. The maximum absolute atomic E-state index is 12.6. The number of hydrogen-bond donors (Lipinski definition) is 1. The summed E-state index contributed by atoms with van der Waals surface area (Å²) >= 11 is 0. The number of hydrogen-bond acceptors (Lipinski definition) is 4. The molecule has 1 aromatic heterocycles. The van der Waals surface area contributed by atoms with Crippen molar-refractivity contribution in [1.29, 1.82) is 0 Å². The minimum atomic E-state index is -3.17. The highest BCUT2D eigenvalue weighted by molar-refractivity contribution is 7.89. The monoisotopic (exact) mass is 416 g/mol. The van der Waals surface area contributed by atoms with E-state index < -0.39 is 10.0 Å². The van der Waals surface area contributed by atoms with Gasteiger partial charge in [0.05, 0.1) is 23.3 Å². The third-order valence-corrected chi connectivity index (χ3v) is 7.31. The van der Waals surface area contributed by atoms with E-state index >= 15 is 0 Å². The lowest BCUT2D eigenvalue weighted by molar-refractivity contribution is 0.174. The number of carbonyl (C=O) groups is 1. The molecule has 1 aliphatic heterocycles. The Hall–Kier alpha value is -2.45. The number of anilines is 1. The normalized spacial score (nSPS) is 15.8. The second kappa shape index (κ2) is 9.37. The first kappa shape index (κ1) is 21.3. The number of nitrogens with zero attached hydrogens (tertiary/aromatic N) is 3. The summed E-state index contributed by atoms with van der Waals surface area (Å²) in [5.41, 5.74) is 2.49. The molecule has 1 aromatic carbocycles. The smallest absolute Gasteiger partial charge is 0.321 e. The first-order valence-electron chi connectivity index (χ1n) is 9.94. The SMILES string of the molecule is CCCS(=O)(=O)N1CCC(N(C)C(=O)Nc2ccc(-c3ccccc3)nc2)CC1. The molecule has 1 fully saturated rings. The average Bonchev–Trinajstić information content (AvgIpc) is 2.74. The van der Waals surface area contributed by atoms with Crippen molar-refractivity contribution >= 4 is 21.7 Å². The van der Waals surface area contributed by atoms with Gasteiger partial charge in [0.25, 0.3) is 0 Å². The van der Waals surface area contributed by atoms with Crippen LogP contribution in [0.5, 0.6) is 0 Å². The minimum Gasteiger partial charge on any atom is -0.325 e. The Labute approximate surface area is 172 Å². The number of pyridine rings is 1. The first-order valence-corrected chi connectivity index (χ1v) is 11.5. The van der Waals surface area contributed by atoms with Gasteiger partial charge in [-0.2, -0.15) is 0 Å². The molecule has 1 N–H and O–H groups in total. The van der Waals surface area contributed by atoms with Gasteiger partial charge in [-0.05, 0) is 31.4 Å². The molecule has 156 valence electrons. The number of aromatic nitrogens is 1. The molecule has 29 heavy (non-hydrogen) atoms. The van der Waals surface area contributed by atoms with E-state index in [1.165, 1.54) is 0 Å². The van der Waals surface area contributed by atoms with Gasteiger partial charge in [-0.15, -0.1) is 0 Å². The third kappa shape index (κ3) is 5.33. The van der Waals surface area contributed by atoms with E-state index in [1.54, 1.807) is 22.4 Å². The highest BCUT2D eigenvalue weighted by atomic mass is 32.2. The summed E-state index contributed by atoms with van der Waals surface area (Å²) < 4.78 is 25.9. The van der Waals surface area contributed by atoms with Crippen LogP contribution in [0.15, 0.2) is 48.7 Å². The number of rotatable bonds is 6. The van der Waals surface area contributed by atoms with Crippen LogP contribution in [0, 0.1) is 0 Å². The molecule has 2 heterocycles. The van der Waals surface area contributed by atoms with Gasteiger partial charge < -0.3 is 10.2 Å². The minimum absolute atomic E-state index is 0.0135. The fraction of sp³-hybridized carbons (Fsp3) is 0.429. The zero-order valence-corrected chi connectivity index (χ0v) is 17.7. The van der Waals surface area contributed by atoms with Crippen LogP contribution in [0.4, 0.5) is 10.5 Å². The van der Waals surface area contributed by atoms with Crippen molar-refractivity contribution in [3.05, 3.63) is 48.7 Å². The van der Waals surface area contributed by atoms with Crippen LogP contribution in [0.25, 0.3) is 11.3 Å². The molecule has 1 saturated heterocycles. The summed E-state index contributed by atoms with van der Waals surface area (Å²) in [7, 11) is -1.42. The zero-order chi connectivity index (χ0) is 20.9. The molecule has 7 nitrogen and oxygen atoms in total. The quantitative estimate of drug-likeness (QED) is 0.782. The van der Waals surface area contributed by atoms with Crippen LogP contribution in [-0.2, 0) is 10.0 Å². The van der Waals surface area contributed by atoms with E-state index in [0.29, 0.717) is 38.0 Å². The van der Waals surface area contributed by atoms with Gasteiger partial charge in [-0.25, -0.2) is 17.5 Å². The lowest BCUT2D eigenvalue weighted by Gasteiger charge is -2.36. The number of nitrogens with one attached hydrogen (secondary N) is 1. The molecule has 0 saturated carbocycles. The summed E-state index contributed by atoms with van der Waals surface area (Å²) in [4.78, 5) is 18.7. The predicted octanol–water partition coefficient (Wildman–Crippen LogP) is 3.42. The Bertz CT molecular complexity index is 909. The molecule has 1 aliphatic rings. The Balaban J connectivity index is 1.55. The molecule has 0 radical (unpaired) electrons. The number of urea groups is 1. The van der Waals surface area contributed by atoms with Crippen LogP contribution in [-0.4, -0.2) is 60.6 Å². The molecular formula is C21H28N4O3S. The molecule has 3 rings (SSSR count). The molecule has 0 bridgehead atoms. The third-order valence-electron chi connectivity index (χ3n) is 5.23. The molecular weight excluding hydrogens is 388 g/mol. The van der Waals surface area contributed by atoms with Crippen molar-refractivity contribution in [2.75, 3.05) is 31.2 Å². The van der Waals surface area contributed by atoms with E-state index in [0.717, 1.165) is 11.3 Å². The van der Waals surface area contributed by atoms with E-state index in [9.17, 15) is 13.2 Å². The van der Waals surface area contributed by atoms with Crippen LogP contribution in [0.3, 0.4) is 0 Å². The fourth-order valence-electron chi connectivity index (χ4n) is 3.52. The van der Waals surface area contributed by atoms with Crippen molar-refractivity contribution in [2.24, 2.45) is 0 Å². The van der Waals surface area contributed by atoms with Crippen molar-refractivity contribution < 1.29 is 13.2 Å². The summed E-state index contributed by atoms with van der Waals surface area (Å²) in [6.07, 6.45) is 3.53. The van der Waals surface area contributed by atoms with E-state index in [-0.39, 0.29) is 17.8 Å². The van der Waals surface area contributed by atoms with Gasteiger partial charge in [0.15, 0.2) is 0 Å². The number of benzene rings is 1. The van der Waals surface area contributed by atoms with Crippen LogP contribution in [0.1, 0.15) is 26.2 Å². The maximum Gasteiger partial charge on any atom is 0.321 e. The second-order valence-corrected chi connectivity index (χ2v) is 9.37. The van der Waals surface area contributed by atoms with Gasteiger partial charge in [0, 0.05) is 31.7 Å².